The number of benzene rings is 1. The summed E-state index contributed by atoms with van der Waals surface area (Å²) in [5, 5.41) is 1.11. The van der Waals surface area contributed by atoms with Gasteiger partial charge in [0.05, 0.1) is 29.7 Å². The fourth-order valence-corrected chi connectivity index (χ4v) is 4.48. The lowest BCUT2D eigenvalue weighted by Crippen LogP contribution is -2.12. The number of hydrogen-bond donors (Lipinski definition) is 0. The van der Waals surface area contributed by atoms with Crippen LogP contribution < -0.4 is 9.64 Å². The van der Waals surface area contributed by atoms with Crippen LogP contribution in [0.1, 0.15) is 30.5 Å². The summed E-state index contributed by atoms with van der Waals surface area (Å²) in [7, 11) is 3.68. The van der Waals surface area contributed by atoms with Crippen molar-refractivity contribution in [3.05, 3.63) is 83.8 Å². The van der Waals surface area contributed by atoms with Gasteiger partial charge >= 0.3 is 0 Å². The molecular weight excluding hydrogens is 408 g/mol. The zero-order valence-corrected chi connectivity index (χ0v) is 20.2. The number of fused-ring (bicyclic) bond motifs is 3. The lowest BCUT2D eigenvalue weighted by atomic mass is 9.97. The van der Waals surface area contributed by atoms with E-state index in [1.807, 2.05) is 45.4 Å². The number of anilines is 2. The van der Waals surface area contributed by atoms with Crippen LogP contribution in [0.15, 0.2) is 67.1 Å². The molecule has 1 aliphatic heterocycles. The molecule has 4 heterocycles. The van der Waals surface area contributed by atoms with Gasteiger partial charge in [-0.25, -0.2) is 4.98 Å². The Bertz CT molecular complexity index is 1380. The third-order valence-electron chi connectivity index (χ3n) is 5.94. The second kappa shape index (κ2) is 8.97. The van der Waals surface area contributed by atoms with Gasteiger partial charge < -0.3 is 14.2 Å². The minimum absolute atomic E-state index is 0.608. The van der Waals surface area contributed by atoms with E-state index in [1.54, 1.807) is 7.11 Å². The van der Waals surface area contributed by atoms with E-state index in [2.05, 4.69) is 65.1 Å². The van der Waals surface area contributed by atoms with E-state index in [-0.39, 0.29) is 0 Å². The van der Waals surface area contributed by atoms with E-state index in [4.69, 9.17) is 9.72 Å². The average Bonchev–Trinajstić information content (AvgIpc) is 3.38. The fourth-order valence-electron chi connectivity index (χ4n) is 4.48. The molecule has 0 aliphatic carbocycles. The largest absolute Gasteiger partial charge is 0.481 e. The number of pyridine rings is 2. The average molecular weight is 439 g/mol. The fraction of sp³-hybridized carbons (Fsp3) is 0.250. The Morgan fingerprint density at radius 3 is 2.42 bits per heavy atom. The molecule has 1 aliphatic rings. The van der Waals surface area contributed by atoms with Crippen LogP contribution in [0.2, 0.25) is 0 Å². The first-order chi connectivity index (χ1) is 16.0. The van der Waals surface area contributed by atoms with Crippen LogP contribution in [0.25, 0.3) is 22.0 Å². The molecule has 0 spiro atoms. The predicted octanol–water partition coefficient (Wildman–Crippen LogP) is 6.65. The molecule has 0 bridgehead atoms. The second-order valence-electron chi connectivity index (χ2n) is 8.03. The molecule has 0 radical (unpaired) electrons. The van der Waals surface area contributed by atoms with E-state index >= 15 is 0 Å². The van der Waals surface area contributed by atoms with Crippen molar-refractivity contribution in [1.82, 2.24) is 14.5 Å². The van der Waals surface area contributed by atoms with Crippen molar-refractivity contribution in [3.8, 4) is 17.0 Å². The zero-order valence-electron chi connectivity index (χ0n) is 20.2. The molecular formula is C28H30N4O. The van der Waals surface area contributed by atoms with Crippen LogP contribution in [-0.2, 0) is 13.5 Å². The number of aryl methyl sites for hydroxylation is 3. The maximum Gasteiger partial charge on any atom is 0.212 e. The Morgan fingerprint density at radius 2 is 1.82 bits per heavy atom. The summed E-state index contributed by atoms with van der Waals surface area (Å²) in [4.78, 5) is 11.5. The number of methoxy groups -OCH3 is 1. The lowest BCUT2D eigenvalue weighted by molar-refractivity contribution is 0.398. The topological polar surface area (TPSA) is 43.2 Å². The highest BCUT2D eigenvalue weighted by molar-refractivity contribution is 6.01. The Hall–Kier alpha value is -3.82. The Balaban J connectivity index is 0.00000126. The summed E-state index contributed by atoms with van der Waals surface area (Å²) in [6.45, 7) is 12.2. The van der Waals surface area contributed by atoms with Crippen molar-refractivity contribution < 1.29 is 4.74 Å². The minimum Gasteiger partial charge on any atom is -0.481 e. The van der Waals surface area contributed by atoms with Crippen molar-refractivity contribution in [2.24, 2.45) is 7.05 Å². The van der Waals surface area contributed by atoms with E-state index in [0.29, 0.717) is 5.88 Å². The maximum atomic E-state index is 5.22. The molecule has 0 unspecified atom stereocenters. The van der Waals surface area contributed by atoms with E-state index in [1.165, 1.54) is 11.1 Å². The number of rotatable bonds is 3. The smallest absolute Gasteiger partial charge is 0.212 e. The molecule has 168 valence electrons. The van der Waals surface area contributed by atoms with Crippen LogP contribution in [0.5, 0.6) is 5.88 Å². The second-order valence-corrected chi connectivity index (χ2v) is 8.03. The van der Waals surface area contributed by atoms with Gasteiger partial charge in [0.2, 0.25) is 5.88 Å². The Morgan fingerprint density at radius 1 is 1.03 bits per heavy atom. The van der Waals surface area contributed by atoms with E-state index < -0.39 is 0 Å². The van der Waals surface area contributed by atoms with Crippen LogP contribution >= 0.6 is 0 Å². The molecule has 0 saturated carbocycles. The van der Waals surface area contributed by atoms with Crippen molar-refractivity contribution >= 4 is 22.3 Å². The number of aromatic nitrogens is 3. The number of ether oxygens (including phenoxy) is 1. The maximum absolute atomic E-state index is 5.22. The lowest BCUT2D eigenvalue weighted by Gasteiger charge is -2.22. The highest BCUT2D eigenvalue weighted by atomic mass is 16.5. The standard InChI is InChI=1S/C26H24N4O.C2H6/c1-6-20-10-19-13-27-23-9-16(2)21(18-7-8-25(31-5)28-12-18)11-22(23)26(19)30(20)24-15-29(4)14-17(24)3;1-2/h7-9,11-15H,1,10H2,2-5H3;1-2H3. The van der Waals surface area contributed by atoms with Crippen LogP contribution in [0, 0.1) is 13.8 Å². The minimum atomic E-state index is 0.608. The molecule has 0 atom stereocenters. The van der Waals surface area contributed by atoms with Crippen molar-refractivity contribution in [1.29, 1.82) is 0 Å². The zero-order chi connectivity index (χ0) is 23.7. The normalized spacial score (nSPS) is 12.3. The molecule has 33 heavy (non-hydrogen) atoms. The summed E-state index contributed by atoms with van der Waals surface area (Å²) in [6.07, 6.45) is 8.90. The highest BCUT2D eigenvalue weighted by Gasteiger charge is 2.30. The third-order valence-corrected chi connectivity index (χ3v) is 5.94. The first-order valence-electron chi connectivity index (χ1n) is 11.2. The third kappa shape index (κ3) is 3.81. The van der Waals surface area contributed by atoms with Gasteiger partial charge in [0.15, 0.2) is 0 Å². The Kier molecular flexibility index (Phi) is 6.08. The van der Waals surface area contributed by atoms with Gasteiger partial charge in [-0.05, 0) is 48.7 Å². The summed E-state index contributed by atoms with van der Waals surface area (Å²) < 4.78 is 7.31. The van der Waals surface area contributed by atoms with Crippen molar-refractivity contribution in [2.75, 3.05) is 12.0 Å². The van der Waals surface area contributed by atoms with Crippen LogP contribution in [0.4, 0.5) is 11.4 Å². The number of hydrogen-bond acceptors (Lipinski definition) is 4. The highest BCUT2D eigenvalue weighted by Crippen LogP contribution is 2.46. The van der Waals surface area contributed by atoms with Gasteiger partial charge in [-0.3, -0.25) is 4.98 Å². The van der Waals surface area contributed by atoms with Crippen molar-refractivity contribution in [2.45, 2.75) is 34.1 Å². The quantitative estimate of drug-likeness (QED) is 0.336. The summed E-state index contributed by atoms with van der Waals surface area (Å²) in [6, 6.07) is 8.33. The van der Waals surface area contributed by atoms with Crippen molar-refractivity contribution in [3.63, 3.8) is 0 Å². The molecule has 0 amide bonds. The molecule has 5 heteroatoms. The van der Waals surface area contributed by atoms with E-state index in [0.717, 1.165) is 51.1 Å². The number of nitrogens with zero attached hydrogens (tertiary/aromatic N) is 4. The molecule has 0 fully saturated rings. The molecule has 0 saturated heterocycles. The first kappa shape index (κ1) is 22.4. The monoisotopic (exact) mass is 438 g/mol. The van der Waals surface area contributed by atoms with Gasteiger partial charge in [0.25, 0.3) is 0 Å². The van der Waals surface area contributed by atoms with Gasteiger partial charge in [0.1, 0.15) is 0 Å². The SMILES string of the molecule is C=C=C1Cc2cnc3cc(C)c(-c4ccc(OC)nc4)cc3c2N1c1cn(C)cc1C.CC. The molecule has 5 rings (SSSR count). The molecule has 0 N–H and O–H groups in total. The molecule has 5 nitrogen and oxygen atoms in total. The number of allylic oxidation sites excluding steroid dienone is 1. The van der Waals surface area contributed by atoms with Crippen LogP contribution in [0.3, 0.4) is 0 Å². The summed E-state index contributed by atoms with van der Waals surface area (Å²) >= 11 is 0. The van der Waals surface area contributed by atoms with Gasteiger partial charge in [0, 0.05) is 60.8 Å². The van der Waals surface area contributed by atoms with E-state index in [9.17, 15) is 0 Å². The molecule has 4 aromatic rings. The summed E-state index contributed by atoms with van der Waals surface area (Å²) in [5.41, 5.74) is 13.2. The first-order valence-corrected chi connectivity index (χ1v) is 11.2. The van der Waals surface area contributed by atoms with Gasteiger partial charge in [-0.1, -0.05) is 20.4 Å². The predicted molar refractivity (Wildman–Crippen MR) is 136 cm³/mol. The van der Waals surface area contributed by atoms with Gasteiger partial charge in [-0.2, -0.15) is 0 Å². The van der Waals surface area contributed by atoms with Gasteiger partial charge in [-0.15, -0.1) is 5.73 Å². The molecule has 1 aromatic carbocycles. The molecule has 3 aromatic heterocycles. The Labute approximate surface area is 195 Å². The summed E-state index contributed by atoms with van der Waals surface area (Å²) in [5.74, 6) is 0.608. The van der Waals surface area contributed by atoms with Crippen LogP contribution in [-0.4, -0.2) is 21.6 Å².